The molecule has 0 radical (unpaired) electrons. The van der Waals surface area contributed by atoms with Crippen molar-refractivity contribution in [2.45, 2.75) is 118 Å². The van der Waals surface area contributed by atoms with Gasteiger partial charge in [0.2, 0.25) is 5.91 Å². The Morgan fingerprint density at radius 3 is 2.73 bits per heavy atom. The first-order valence-corrected chi connectivity index (χ1v) is 15.1. The number of rotatable bonds is 7. The first-order chi connectivity index (χ1) is 17.6. The number of hydrogen-bond acceptors (Lipinski definition) is 4. The molecule has 0 spiro atoms. The summed E-state index contributed by atoms with van der Waals surface area (Å²) in [5, 5.41) is 2.96. The molecule has 0 saturated heterocycles. The van der Waals surface area contributed by atoms with E-state index in [1.807, 2.05) is 6.92 Å². The lowest BCUT2D eigenvalue weighted by molar-refractivity contribution is -0.151. The Morgan fingerprint density at radius 2 is 2.00 bits per heavy atom. The van der Waals surface area contributed by atoms with Crippen LogP contribution in [0, 0.1) is 40.4 Å². The van der Waals surface area contributed by atoms with Gasteiger partial charge in [-0.15, -0.1) is 0 Å². The van der Waals surface area contributed by atoms with Gasteiger partial charge in [0.05, 0.1) is 5.76 Å². The van der Waals surface area contributed by atoms with Crippen molar-refractivity contribution in [3.05, 3.63) is 23.0 Å². The Balaban J connectivity index is 1.28. The Bertz CT molecular complexity index is 983. The van der Waals surface area contributed by atoms with E-state index in [1.54, 1.807) is 12.5 Å². The summed E-state index contributed by atoms with van der Waals surface area (Å²) in [6.07, 6.45) is 13.5. The minimum Gasteiger partial charge on any atom is -0.494 e. The molecular formula is C32H49NO4. The lowest BCUT2D eigenvalue weighted by atomic mass is 9.47. The molecule has 5 heteroatoms. The van der Waals surface area contributed by atoms with E-state index >= 15 is 0 Å². The van der Waals surface area contributed by atoms with Gasteiger partial charge in [0, 0.05) is 38.6 Å². The van der Waals surface area contributed by atoms with Gasteiger partial charge in [0.25, 0.3) is 0 Å². The maximum absolute atomic E-state index is 11.9. The van der Waals surface area contributed by atoms with Gasteiger partial charge in [0.15, 0.2) is 0 Å². The van der Waals surface area contributed by atoms with Crippen molar-refractivity contribution >= 4 is 11.9 Å². The molecule has 1 heterocycles. The highest BCUT2D eigenvalue weighted by atomic mass is 16.5. The number of amides is 1. The predicted molar refractivity (Wildman–Crippen MR) is 145 cm³/mol. The van der Waals surface area contributed by atoms with E-state index < -0.39 is 0 Å². The molecule has 0 bridgehead atoms. The molecule has 3 saturated carbocycles. The summed E-state index contributed by atoms with van der Waals surface area (Å²) < 4.78 is 12.5. The molecule has 1 aliphatic heterocycles. The quantitative estimate of drug-likeness (QED) is 0.304. The number of hydrogen-bond donors (Lipinski definition) is 1. The second kappa shape index (κ2) is 10.1. The van der Waals surface area contributed by atoms with Gasteiger partial charge in [-0.05, 0) is 91.9 Å². The minimum absolute atomic E-state index is 0.0509. The molecule has 0 aromatic rings. The van der Waals surface area contributed by atoms with Crippen molar-refractivity contribution in [1.29, 1.82) is 0 Å². The Hall–Kier alpha value is -1.78. The third-order valence-electron chi connectivity index (χ3n) is 11.4. The molecule has 1 amide bonds. The first kappa shape index (κ1) is 26.8. The zero-order valence-electron chi connectivity index (χ0n) is 24.0. The monoisotopic (exact) mass is 511 g/mol. The van der Waals surface area contributed by atoms with Crippen LogP contribution in [0.3, 0.4) is 0 Å². The molecule has 1 N–H and O–H groups in total. The highest BCUT2D eigenvalue weighted by Crippen LogP contribution is 2.69. The fourth-order valence-corrected chi connectivity index (χ4v) is 9.38. The van der Waals surface area contributed by atoms with Crippen molar-refractivity contribution < 1.29 is 19.1 Å². The number of nitrogens with one attached hydrogen (secondary N) is 1. The molecule has 206 valence electrons. The van der Waals surface area contributed by atoms with E-state index in [-0.39, 0.29) is 23.4 Å². The topological polar surface area (TPSA) is 64.6 Å². The summed E-state index contributed by atoms with van der Waals surface area (Å²) >= 11 is 0. The number of fused-ring (bicyclic) bond motifs is 7. The second-order valence-corrected chi connectivity index (χ2v) is 13.6. The maximum Gasteiger partial charge on any atom is 0.305 e. The molecule has 5 rings (SSSR count). The molecule has 9 atom stereocenters. The van der Waals surface area contributed by atoms with E-state index in [9.17, 15) is 9.59 Å². The second-order valence-electron chi connectivity index (χ2n) is 13.6. The van der Waals surface area contributed by atoms with E-state index in [4.69, 9.17) is 9.47 Å². The van der Waals surface area contributed by atoms with Gasteiger partial charge in [-0.1, -0.05) is 39.3 Å². The van der Waals surface area contributed by atoms with E-state index in [2.05, 4.69) is 39.1 Å². The summed E-state index contributed by atoms with van der Waals surface area (Å²) in [6, 6.07) is 0. The van der Waals surface area contributed by atoms with Gasteiger partial charge in [-0.2, -0.15) is 0 Å². The van der Waals surface area contributed by atoms with Crippen LogP contribution in [-0.4, -0.2) is 30.6 Å². The average molecular weight is 512 g/mol. The lowest BCUT2D eigenvalue weighted by Crippen LogP contribution is -2.50. The number of carbonyl (C=O) groups is 2. The van der Waals surface area contributed by atoms with Gasteiger partial charge in [-0.3, -0.25) is 9.59 Å². The molecule has 5 nitrogen and oxygen atoms in total. The predicted octanol–water partition coefficient (Wildman–Crippen LogP) is 6.72. The molecular weight excluding hydrogens is 462 g/mol. The Morgan fingerprint density at radius 1 is 1.22 bits per heavy atom. The first-order valence-electron chi connectivity index (χ1n) is 15.1. The molecule has 37 heavy (non-hydrogen) atoms. The number of allylic oxidation sites excluding steroid dienone is 2. The molecule has 5 aliphatic rings. The lowest BCUT2D eigenvalue weighted by Gasteiger charge is -2.58. The SMILES string of the molecule is CCC(=O)O[C@@H]1CC[C@@]2(C)C(=CC[C@H]3[C@@H]4C[C@H]5OC(CC[C@H](C)CNC(C)=O)=C(C)[C@@H]5[C@@]4(C)CC[C@@H]32)C1. The van der Waals surface area contributed by atoms with Gasteiger partial charge < -0.3 is 14.8 Å². The third-order valence-corrected chi connectivity index (χ3v) is 11.4. The Kier molecular flexibility index (Phi) is 7.30. The summed E-state index contributed by atoms with van der Waals surface area (Å²) in [7, 11) is 0. The zero-order chi connectivity index (χ0) is 26.5. The van der Waals surface area contributed by atoms with Crippen molar-refractivity contribution in [3.8, 4) is 0 Å². The highest BCUT2D eigenvalue weighted by molar-refractivity contribution is 5.72. The number of esters is 1. The summed E-state index contributed by atoms with van der Waals surface area (Å²) in [5.74, 6) is 4.45. The Labute approximate surface area is 224 Å². The van der Waals surface area contributed by atoms with Gasteiger partial charge in [0.1, 0.15) is 12.2 Å². The fourth-order valence-electron chi connectivity index (χ4n) is 9.38. The fraction of sp³-hybridized carbons (Fsp3) is 0.812. The summed E-state index contributed by atoms with van der Waals surface area (Å²) in [4.78, 5) is 23.2. The van der Waals surface area contributed by atoms with E-state index in [0.29, 0.717) is 29.8 Å². The minimum atomic E-state index is -0.0567. The van der Waals surface area contributed by atoms with Crippen LogP contribution in [0.25, 0.3) is 0 Å². The molecule has 0 aromatic heterocycles. The summed E-state index contributed by atoms with van der Waals surface area (Å²) in [5.41, 5.74) is 3.67. The van der Waals surface area contributed by atoms with Gasteiger partial charge in [-0.25, -0.2) is 0 Å². The average Bonchev–Trinajstić information content (AvgIpc) is 3.34. The van der Waals surface area contributed by atoms with Crippen LogP contribution < -0.4 is 5.32 Å². The van der Waals surface area contributed by atoms with Crippen molar-refractivity contribution in [1.82, 2.24) is 5.32 Å². The van der Waals surface area contributed by atoms with Crippen LogP contribution in [0.5, 0.6) is 0 Å². The van der Waals surface area contributed by atoms with Crippen molar-refractivity contribution in [2.75, 3.05) is 6.54 Å². The largest absolute Gasteiger partial charge is 0.494 e. The maximum atomic E-state index is 11.9. The highest BCUT2D eigenvalue weighted by Gasteiger charge is 2.63. The van der Waals surface area contributed by atoms with Crippen LogP contribution in [0.15, 0.2) is 23.0 Å². The third kappa shape index (κ3) is 4.67. The molecule has 0 unspecified atom stereocenters. The molecule has 0 aromatic carbocycles. The van der Waals surface area contributed by atoms with Crippen LogP contribution in [0.1, 0.15) is 106 Å². The normalized spacial score (nSPS) is 41.0. The standard InChI is InChI=1S/C32H49NO4/c1-7-29(35)36-23-12-14-31(5)22(16-23)9-10-24-25(31)13-15-32(6)26(24)17-28-30(32)20(3)27(37-28)11-8-19(2)18-33-21(4)34/h9,19,23-26,28,30H,7-8,10-18H2,1-6H3,(H,33,34)/t19-,23+,24+,25-,26-,28+,30-,31-,32-/m0/s1. The van der Waals surface area contributed by atoms with Crippen molar-refractivity contribution in [2.24, 2.45) is 40.4 Å². The zero-order valence-corrected chi connectivity index (χ0v) is 24.0. The summed E-state index contributed by atoms with van der Waals surface area (Å²) in [6.45, 7) is 13.9. The van der Waals surface area contributed by atoms with Crippen LogP contribution in [-0.2, 0) is 19.1 Å². The van der Waals surface area contributed by atoms with Crippen LogP contribution in [0.4, 0.5) is 0 Å². The number of ether oxygens (including phenoxy) is 2. The van der Waals surface area contributed by atoms with Gasteiger partial charge >= 0.3 is 5.97 Å². The van der Waals surface area contributed by atoms with Crippen LogP contribution in [0.2, 0.25) is 0 Å². The van der Waals surface area contributed by atoms with Crippen LogP contribution >= 0.6 is 0 Å². The smallest absolute Gasteiger partial charge is 0.305 e. The number of carbonyl (C=O) groups excluding carboxylic acids is 2. The molecule has 3 fully saturated rings. The van der Waals surface area contributed by atoms with Crippen molar-refractivity contribution in [3.63, 3.8) is 0 Å². The van der Waals surface area contributed by atoms with E-state index in [1.165, 1.54) is 37.0 Å². The van der Waals surface area contributed by atoms with E-state index in [0.717, 1.165) is 56.4 Å². The molecule has 4 aliphatic carbocycles.